The largest absolute Gasteiger partial charge is 0.394 e. The zero-order chi connectivity index (χ0) is 11.5. The van der Waals surface area contributed by atoms with Gasteiger partial charge in [0.05, 0.1) is 18.6 Å². The Balaban J connectivity index is 2.01. The lowest BCUT2D eigenvalue weighted by atomic mass is 9.96. The van der Waals surface area contributed by atoms with Crippen molar-refractivity contribution < 1.29 is 9.90 Å². The molecule has 3 atom stereocenters. The van der Waals surface area contributed by atoms with Gasteiger partial charge in [-0.05, 0) is 39.2 Å². The lowest BCUT2D eigenvalue weighted by Gasteiger charge is -2.36. The van der Waals surface area contributed by atoms with E-state index in [9.17, 15) is 9.90 Å². The fourth-order valence-corrected chi connectivity index (χ4v) is 2.89. The van der Waals surface area contributed by atoms with Gasteiger partial charge < -0.3 is 15.3 Å². The molecular weight excluding hydrogens is 204 g/mol. The molecule has 2 heterocycles. The molecule has 0 spiro atoms. The minimum Gasteiger partial charge on any atom is -0.394 e. The average Bonchev–Trinajstić information content (AvgIpc) is 2.74. The van der Waals surface area contributed by atoms with E-state index >= 15 is 0 Å². The quantitative estimate of drug-likeness (QED) is 0.715. The monoisotopic (exact) mass is 226 g/mol. The maximum absolute atomic E-state index is 12.4. The van der Waals surface area contributed by atoms with Crippen LogP contribution in [0.25, 0.3) is 0 Å². The van der Waals surface area contributed by atoms with Crippen molar-refractivity contribution in [1.29, 1.82) is 0 Å². The molecule has 0 bridgehead atoms. The molecule has 1 amide bonds. The number of rotatable bonds is 2. The van der Waals surface area contributed by atoms with Crippen LogP contribution in [0.4, 0.5) is 0 Å². The summed E-state index contributed by atoms with van der Waals surface area (Å²) >= 11 is 0. The molecule has 2 N–H and O–H groups in total. The third-order valence-corrected chi connectivity index (χ3v) is 3.96. The van der Waals surface area contributed by atoms with Crippen molar-refractivity contribution in [3.05, 3.63) is 0 Å². The van der Waals surface area contributed by atoms with Gasteiger partial charge in [-0.25, -0.2) is 0 Å². The van der Waals surface area contributed by atoms with Crippen LogP contribution in [0.2, 0.25) is 0 Å². The van der Waals surface area contributed by atoms with E-state index in [0.29, 0.717) is 0 Å². The van der Waals surface area contributed by atoms with E-state index in [1.807, 2.05) is 4.90 Å². The summed E-state index contributed by atoms with van der Waals surface area (Å²) in [5.74, 6) is 0.364. The van der Waals surface area contributed by atoms with Crippen LogP contribution in [0.15, 0.2) is 0 Å². The Labute approximate surface area is 97.0 Å². The number of nitrogens with one attached hydrogen (secondary N) is 1. The summed E-state index contributed by atoms with van der Waals surface area (Å²) in [5.41, 5.74) is 0. The summed E-state index contributed by atoms with van der Waals surface area (Å²) in [6.45, 7) is 3.95. The SMILES string of the molecule is CC1NCCC1C(=O)N1CCCCC1CO. The number of aliphatic hydroxyl groups excluding tert-OH is 1. The maximum Gasteiger partial charge on any atom is 0.227 e. The molecule has 2 aliphatic heterocycles. The van der Waals surface area contributed by atoms with Gasteiger partial charge in [0.25, 0.3) is 0 Å². The number of aliphatic hydroxyl groups is 1. The summed E-state index contributed by atoms with van der Waals surface area (Å²) < 4.78 is 0. The highest BCUT2D eigenvalue weighted by Crippen LogP contribution is 2.23. The molecule has 4 nitrogen and oxygen atoms in total. The zero-order valence-corrected chi connectivity index (χ0v) is 9.98. The molecule has 0 aromatic carbocycles. The topological polar surface area (TPSA) is 52.6 Å². The summed E-state index contributed by atoms with van der Waals surface area (Å²) in [4.78, 5) is 14.3. The van der Waals surface area contributed by atoms with Crippen molar-refractivity contribution in [3.8, 4) is 0 Å². The van der Waals surface area contributed by atoms with Gasteiger partial charge in [-0.2, -0.15) is 0 Å². The Morgan fingerprint density at radius 3 is 2.88 bits per heavy atom. The number of likely N-dealkylation sites (tertiary alicyclic amines) is 1. The van der Waals surface area contributed by atoms with Crippen LogP contribution in [0.3, 0.4) is 0 Å². The average molecular weight is 226 g/mol. The van der Waals surface area contributed by atoms with Crippen LogP contribution in [0.1, 0.15) is 32.6 Å². The molecule has 16 heavy (non-hydrogen) atoms. The number of nitrogens with zero attached hydrogens (tertiary/aromatic N) is 1. The second kappa shape index (κ2) is 5.15. The number of hydrogen-bond acceptors (Lipinski definition) is 3. The molecule has 2 rings (SSSR count). The fourth-order valence-electron chi connectivity index (χ4n) is 2.89. The van der Waals surface area contributed by atoms with E-state index in [0.717, 1.165) is 38.8 Å². The van der Waals surface area contributed by atoms with Gasteiger partial charge in [0.15, 0.2) is 0 Å². The Hall–Kier alpha value is -0.610. The highest BCUT2D eigenvalue weighted by Gasteiger charge is 2.35. The Kier molecular flexibility index (Phi) is 3.82. The number of carbonyl (C=O) groups is 1. The summed E-state index contributed by atoms with van der Waals surface area (Å²) in [7, 11) is 0. The number of carbonyl (C=O) groups excluding carboxylic acids is 1. The first-order valence-electron chi connectivity index (χ1n) is 6.38. The first-order chi connectivity index (χ1) is 7.74. The van der Waals surface area contributed by atoms with Gasteiger partial charge in [-0.1, -0.05) is 0 Å². The van der Waals surface area contributed by atoms with Crippen LogP contribution in [0, 0.1) is 5.92 Å². The fraction of sp³-hybridized carbons (Fsp3) is 0.917. The molecule has 0 radical (unpaired) electrons. The second-order valence-corrected chi connectivity index (χ2v) is 5.00. The van der Waals surface area contributed by atoms with Gasteiger partial charge >= 0.3 is 0 Å². The molecule has 0 aliphatic carbocycles. The van der Waals surface area contributed by atoms with Gasteiger partial charge in [-0.15, -0.1) is 0 Å². The summed E-state index contributed by atoms with van der Waals surface area (Å²) in [5, 5.41) is 12.6. The molecule has 0 aromatic rings. The van der Waals surface area contributed by atoms with Gasteiger partial charge in [0.1, 0.15) is 0 Å². The predicted octanol–water partition coefficient (Wildman–Crippen LogP) is 0.358. The molecule has 2 saturated heterocycles. The van der Waals surface area contributed by atoms with E-state index in [1.54, 1.807) is 0 Å². The van der Waals surface area contributed by atoms with Crippen molar-refractivity contribution in [3.63, 3.8) is 0 Å². The number of amides is 1. The minimum absolute atomic E-state index is 0.0639. The number of hydrogen-bond donors (Lipinski definition) is 2. The lowest BCUT2D eigenvalue weighted by Crippen LogP contribution is -2.49. The molecule has 2 aliphatic rings. The van der Waals surface area contributed by atoms with Crippen LogP contribution in [-0.4, -0.2) is 47.7 Å². The van der Waals surface area contributed by atoms with E-state index in [1.165, 1.54) is 0 Å². The van der Waals surface area contributed by atoms with Gasteiger partial charge in [0.2, 0.25) is 5.91 Å². The van der Waals surface area contributed by atoms with Crippen LogP contribution < -0.4 is 5.32 Å². The molecule has 2 fully saturated rings. The Morgan fingerprint density at radius 2 is 2.25 bits per heavy atom. The molecule has 92 valence electrons. The second-order valence-electron chi connectivity index (χ2n) is 5.00. The van der Waals surface area contributed by atoms with Crippen LogP contribution in [0.5, 0.6) is 0 Å². The van der Waals surface area contributed by atoms with Gasteiger partial charge in [-0.3, -0.25) is 4.79 Å². The smallest absolute Gasteiger partial charge is 0.227 e. The van der Waals surface area contributed by atoms with Crippen LogP contribution >= 0.6 is 0 Å². The molecular formula is C12H22N2O2. The Morgan fingerprint density at radius 1 is 1.44 bits per heavy atom. The van der Waals surface area contributed by atoms with Crippen molar-refractivity contribution in [2.75, 3.05) is 19.7 Å². The molecule has 4 heteroatoms. The molecule has 3 unspecified atom stereocenters. The first kappa shape index (κ1) is 11.9. The highest BCUT2D eigenvalue weighted by molar-refractivity contribution is 5.80. The molecule has 0 saturated carbocycles. The van der Waals surface area contributed by atoms with Gasteiger partial charge in [0, 0.05) is 12.6 Å². The van der Waals surface area contributed by atoms with E-state index in [4.69, 9.17) is 0 Å². The van der Waals surface area contributed by atoms with E-state index in [2.05, 4.69) is 12.2 Å². The van der Waals surface area contributed by atoms with Crippen molar-refractivity contribution in [1.82, 2.24) is 10.2 Å². The Bertz CT molecular complexity index is 257. The van der Waals surface area contributed by atoms with Crippen molar-refractivity contribution in [2.45, 2.75) is 44.7 Å². The minimum atomic E-state index is 0.0639. The third-order valence-electron chi connectivity index (χ3n) is 3.96. The van der Waals surface area contributed by atoms with E-state index in [-0.39, 0.29) is 30.5 Å². The van der Waals surface area contributed by atoms with Crippen LogP contribution in [-0.2, 0) is 4.79 Å². The van der Waals surface area contributed by atoms with Crippen molar-refractivity contribution >= 4 is 5.91 Å². The maximum atomic E-state index is 12.4. The predicted molar refractivity (Wildman–Crippen MR) is 62.0 cm³/mol. The van der Waals surface area contributed by atoms with E-state index < -0.39 is 0 Å². The van der Waals surface area contributed by atoms with Crippen molar-refractivity contribution in [2.24, 2.45) is 5.92 Å². The zero-order valence-electron chi connectivity index (χ0n) is 9.98. The standard InChI is InChI=1S/C12H22N2O2/c1-9-11(5-6-13-9)12(16)14-7-3-2-4-10(14)8-15/h9-11,13,15H,2-8H2,1H3. The highest BCUT2D eigenvalue weighted by atomic mass is 16.3. The summed E-state index contributed by atoms with van der Waals surface area (Å²) in [6.07, 6.45) is 4.11. The summed E-state index contributed by atoms with van der Waals surface area (Å²) in [6, 6.07) is 0.350. The lowest BCUT2D eigenvalue weighted by molar-refractivity contribution is -0.140. The normalized spacial score (nSPS) is 35.4. The number of piperidine rings is 1. The first-order valence-corrected chi connectivity index (χ1v) is 6.38. The molecule has 0 aromatic heterocycles. The third kappa shape index (κ3) is 2.23.